The second-order valence-corrected chi connectivity index (χ2v) is 8.51. The Balaban J connectivity index is 0.00000243. The first kappa shape index (κ1) is 21.1. The molecule has 2 aromatic rings. The average Bonchev–Trinajstić information content (AvgIpc) is 3.27. The third-order valence-corrected chi connectivity index (χ3v) is 6.54. The number of nitrogens with zero attached hydrogens (tertiary/aromatic N) is 3. The number of likely N-dealkylation sites (N-methyl/N-ethyl adjacent to an activating group) is 1. The molecule has 0 spiro atoms. The first-order valence-corrected chi connectivity index (χ1v) is 10.0. The summed E-state index contributed by atoms with van der Waals surface area (Å²) in [5.74, 6) is 0.766. The molecule has 1 N–H and O–H groups in total. The normalized spacial score (nSPS) is 16.4. The summed E-state index contributed by atoms with van der Waals surface area (Å²) in [4.78, 5) is 4.53. The highest BCUT2D eigenvalue weighted by atomic mass is 35.5. The van der Waals surface area contributed by atoms with Crippen LogP contribution in [0.4, 0.5) is 0 Å². The fraction of sp³-hybridized carbons (Fsp3) is 0.500. The Morgan fingerprint density at radius 3 is 2.69 bits per heavy atom. The summed E-state index contributed by atoms with van der Waals surface area (Å²) >= 11 is 6.23. The van der Waals surface area contributed by atoms with Crippen molar-refractivity contribution < 1.29 is 12.9 Å². The fourth-order valence-corrected chi connectivity index (χ4v) is 4.47. The van der Waals surface area contributed by atoms with Crippen LogP contribution in [-0.4, -0.2) is 49.0 Å². The maximum Gasteiger partial charge on any atom is 0.259 e. The minimum absolute atomic E-state index is 0. The van der Waals surface area contributed by atoms with Gasteiger partial charge in [-0.2, -0.15) is 9.29 Å². The zero-order valence-corrected chi connectivity index (χ0v) is 17.0. The summed E-state index contributed by atoms with van der Waals surface area (Å²) < 4.78 is 32.2. The number of rotatable bonds is 6. The van der Waals surface area contributed by atoms with Crippen LogP contribution in [0, 0.1) is 0 Å². The predicted molar refractivity (Wildman–Crippen MR) is 102 cm³/mol. The van der Waals surface area contributed by atoms with Crippen LogP contribution in [0.15, 0.2) is 27.6 Å². The summed E-state index contributed by atoms with van der Waals surface area (Å²) in [6.07, 6.45) is 2.37. The van der Waals surface area contributed by atoms with Crippen molar-refractivity contribution in [2.24, 2.45) is 0 Å². The summed E-state index contributed by atoms with van der Waals surface area (Å²) in [7, 11) is -1.67. The summed E-state index contributed by atoms with van der Waals surface area (Å²) in [6, 6.07) is 4.77. The summed E-state index contributed by atoms with van der Waals surface area (Å²) in [5, 5.41) is 7.42. The van der Waals surface area contributed by atoms with Gasteiger partial charge in [0.15, 0.2) is 5.82 Å². The van der Waals surface area contributed by atoms with Gasteiger partial charge in [0.2, 0.25) is 10.0 Å². The number of sulfonamides is 1. The van der Waals surface area contributed by atoms with E-state index in [4.69, 9.17) is 16.1 Å². The lowest BCUT2D eigenvalue weighted by Gasteiger charge is -2.16. The Bertz CT molecular complexity index is 851. The molecule has 1 aromatic carbocycles. The van der Waals surface area contributed by atoms with Gasteiger partial charge < -0.3 is 9.84 Å². The van der Waals surface area contributed by atoms with Crippen LogP contribution >= 0.6 is 24.0 Å². The van der Waals surface area contributed by atoms with E-state index in [1.165, 1.54) is 16.4 Å². The molecule has 0 radical (unpaired) electrons. The van der Waals surface area contributed by atoms with Crippen LogP contribution in [-0.2, 0) is 16.4 Å². The Morgan fingerprint density at radius 1 is 1.35 bits per heavy atom. The van der Waals surface area contributed by atoms with Gasteiger partial charge in [0.05, 0.1) is 15.5 Å². The molecular weight excluding hydrogens is 399 g/mol. The monoisotopic (exact) mass is 420 g/mol. The van der Waals surface area contributed by atoms with Crippen molar-refractivity contribution >= 4 is 34.0 Å². The average molecular weight is 421 g/mol. The highest BCUT2D eigenvalue weighted by Gasteiger charge is 2.28. The molecule has 1 atom stereocenters. The van der Waals surface area contributed by atoms with Crippen molar-refractivity contribution in [3.63, 3.8) is 0 Å². The van der Waals surface area contributed by atoms with Crippen LogP contribution in [0.3, 0.4) is 0 Å². The van der Waals surface area contributed by atoms with Crippen molar-refractivity contribution in [1.82, 2.24) is 19.8 Å². The maximum absolute atomic E-state index is 12.7. The fourth-order valence-electron chi connectivity index (χ4n) is 2.73. The lowest BCUT2D eigenvalue weighted by Crippen LogP contribution is -2.27. The summed E-state index contributed by atoms with van der Waals surface area (Å²) in [6.45, 7) is 3.10. The van der Waals surface area contributed by atoms with Crippen molar-refractivity contribution in [3.8, 4) is 11.5 Å². The summed E-state index contributed by atoms with van der Waals surface area (Å²) in [5.41, 5.74) is 0.429. The number of hydrogen-bond acceptors (Lipinski definition) is 6. The highest BCUT2D eigenvalue weighted by Crippen LogP contribution is 2.31. The van der Waals surface area contributed by atoms with Gasteiger partial charge in [0.1, 0.15) is 0 Å². The number of aromatic nitrogens is 2. The van der Waals surface area contributed by atoms with Gasteiger partial charge in [-0.3, -0.25) is 0 Å². The molecule has 7 nitrogen and oxygen atoms in total. The number of benzene rings is 1. The topological polar surface area (TPSA) is 88.3 Å². The third kappa shape index (κ3) is 4.37. The van der Waals surface area contributed by atoms with E-state index in [1.54, 1.807) is 6.07 Å². The molecule has 1 aromatic heterocycles. The predicted octanol–water partition coefficient (Wildman–Crippen LogP) is 2.75. The van der Waals surface area contributed by atoms with E-state index in [2.05, 4.69) is 15.5 Å². The van der Waals surface area contributed by atoms with Crippen molar-refractivity contribution in [1.29, 1.82) is 0 Å². The Hall–Kier alpha value is -1.19. The number of halogens is 2. The van der Waals surface area contributed by atoms with E-state index in [9.17, 15) is 8.42 Å². The van der Waals surface area contributed by atoms with Gasteiger partial charge in [-0.15, -0.1) is 12.4 Å². The molecule has 26 heavy (non-hydrogen) atoms. The Labute approximate surface area is 164 Å². The molecule has 1 fully saturated rings. The zero-order chi connectivity index (χ0) is 18.0. The largest absolute Gasteiger partial charge is 0.334 e. The van der Waals surface area contributed by atoms with Crippen LogP contribution in [0.5, 0.6) is 0 Å². The van der Waals surface area contributed by atoms with Gasteiger partial charge >= 0.3 is 0 Å². The van der Waals surface area contributed by atoms with E-state index in [-0.39, 0.29) is 29.2 Å². The Morgan fingerprint density at radius 2 is 2.04 bits per heavy atom. The minimum Gasteiger partial charge on any atom is -0.334 e. The standard InChI is InChI=1S/C16H21ClN4O3S.ClH/c1-11(18-2)9-15-19-16(24-20-15)13-10-12(5-6-14(13)17)25(22,23)21-7-3-4-8-21;/h5-6,10-11,18H,3-4,7-9H2,1-2H3;1H. The number of hydrogen-bond donors (Lipinski definition) is 1. The molecule has 0 bridgehead atoms. The van der Waals surface area contributed by atoms with Gasteiger partial charge in [0, 0.05) is 25.6 Å². The van der Waals surface area contributed by atoms with Crippen molar-refractivity contribution in [3.05, 3.63) is 29.0 Å². The van der Waals surface area contributed by atoms with E-state index in [1.807, 2.05) is 14.0 Å². The van der Waals surface area contributed by atoms with Crippen LogP contribution in [0.25, 0.3) is 11.5 Å². The van der Waals surface area contributed by atoms with Crippen LogP contribution in [0.2, 0.25) is 5.02 Å². The van der Waals surface area contributed by atoms with E-state index in [0.29, 0.717) is 35.9 Å². The smallest absolute Gasteiger partial charge is 0.259 e. The highest BCUT2D eigenvalue weighted by molar-refractivity contribution is 7.89. The zero-order valence-electron chi connectivity index (χ0n) is 14.6. The van der Waals surface area contributed by atoms with Gasteiger partial charge in [-0.1, -0.05) is 16.8 Å². The quantitative estimate of drug-likeness (QED) is 0.772. The SMILES string of the molecule is CNC(C)Cc1noc(-c2cc(S(=O)(=O)N3CCCC3)ccc2Cl)n1.Cl. The van der Waals surface area contributed by atoms with E-state index < -0.39 is 10.0 Å². The molecule has 10 heteroatoms. The lowest BCUT2D eigenvalue weighted by molar-refractivity contribution is 0.418. The first-order chi connectivity index (χ1) is 11.9. The number of nitrogens with one attached hydrogen (secondary N) is 1. The van der Waals surface area contributed by atoms with E-state index in [0.717, 1.165) is 12.8 Å². The molecule has 0 aliphatic carbocycles. The van der Waals surface area contributed by atoms with Gasteiger partial charge in [-0.25, -0.2) is 8.42 Å². The van der Waals surface area contributed by atoms with Gasteiger partial charge in [-0.05, 0) is 45.0 Å². The van der Waals surface area contributed by atoms with E-state index >= 15 is 0 Å². The molecular formula is C16H22Cl2N4O3S. The minimum atomic E-state index is -3.53. The van der Waals surface area contributed by atoms with Gasteiger partial charge in [0.25, 0.3) is 5.89 Å². The lowest BCUT2D eigenvalue weighted by atomic mass is 10.2. The maximum atomic E-state index is 12.7. The van der Waals surface area contributed by atoms with Crippen molar-refractivity contribution in [2.45, 2.75) is 37.1 Å². The second kappa shape index (κ2) is 8.67. The first-order valence-electron chi connectivity index (χ1n) is 8.21. The van der Waals surface area contributed by atoms with Crippen LogP contribution < -0.4 is 5.32 Å². The molecule has 144 valence electrons. The van der Waals surface area contributed by atoms with Crippen LogP contribution in [0.1, 0.15) is 25.6 Å². The van der Waals surface area contributed by atoms with Crippen molar-refractivity contribution in [2.75, 3.05) is 20.1 Å². The molecule has 0 saturated carbocycles. The Kier molecular flexibility index (Phi) is 7.04. The molecule has 1 aliphatic rings. The molecule has 3 rings (SSSR count). The molecule has 1 aliphatic heterocycles. The second-order valence-electron chi connectivity index (χ2n) is 6.16. The molecule has 1 unspecified atom stereocenters. The molecule has 1 saturated heterocycles. The third-order valence-electron chi connectivity index (χ3n) is 4.32. The molecule has 0 amide bonds. The molecule has 2 heterocycles.